The van der Waals surface area contributed by atoms with Gasteiger partial charge in [0.1, 0.15) is 5.82 Å². The summed E-state index contributed by atoms with van der Waals surface area (Å²) in [6.45, 7) is 4.07. The molecule has 0 aliphatic heterocycles. The second kappa shape index (κ2) is 7.61. The number of hydrogen-bond donors (Lipinski definition) is 1. The summed E-state index contributed by atoms with van der Waals surface area (Å²) in [5, 5.41) is 7.40. The summed E-state index contributed by atoms with van der Waals surface area (Å²) < 4.78 is 14.8. The van der Waals surface area contributed by atoms with Crippen molar-refractivity contribution in [2.24, 2.45) is 0 Å². The predicted octanol–water partition coefficient (Wildman–Crippen LogP) is 3.62. The van der Waals surface area contributed by atoms with Crippen molar-refractivity contribution < 1.29 is 9.18 Å². The molecule has 1 N–H and O–H groups in total. The van der Waals surface area contributed by atoms with Crippen LogP contribution in [0.4, 0.5) is 10.1 Å². The van der Waals surface area contributed by atoms with E-state index in [1.54, 1.807) is 23.7 Å². The molecule has 5 nitrogen and oxygen atoms in total. The van der Waals surface area contributed by atoms with Crippen LogP contribution in [0.25, 0.3) is 5.69 Å². The highest BCUT2D eigenvalue weighted by Crippen LogP contribution is 2.19. The van der Waals surface area contributed by atoms with E-state index in [1.807, 2.05) is 50.2 Å². The molecule has 0 spiro atoms. The molecular formula is C21H23FN4O. The van der Waals surface area contributed by atoms with Crippen molar-refractivity contribution in [1.29, 1.82) is 0 Å². The minimum atomic E-state index is -0.307. The van der Waals surface area contributed by atoms with Gasteiger partial charge in [0.25, 0.3) is 5.91 Å². The van der Waals surface area contributed by atoms with Gasteiger partial charge >= 0.3 is 0 Å². The van der Waals surface area contributed by atoms with Crippen LogP contribution in [-0.4, -0.2) is 29.8 Å². The van der Waals surface area contributed by atoms with Gasteiger partial charge in [-0.25, -0.2) is 9.07 Å². The lowest BCUT2D eigenvalue weighted by Gasteiger charge is -2.13. The van der Waals surface area contributed by atoms with Gasteiger partial charge in [-0.05, 0) is 55.8 Å². The fourth-order valence-corrected chi connectivity index (χ4v) is 2.99. The number of rotatable bonds is 5. The Labute approximate surface area is 158 Å². The Morgan fingerprint density at radius 1 is 1.07 bits per heavy atom. The molecule has 6 heteroatoms. The van der Waals surface area contributed by atoms with Crippen LogP contribution in [0.2, 0.25) is 0 Å². The second-order valence-corrected chi connectivity index (χ2v) is 6.68. The van der Waals surface area contributed by atoms with Crippen LogP contribution in [0.5, 0.6) is 0 Å². The Kier molecular flexibility index (Phi) is 5.26. The highest BCUT2D eigenvalue weighted by molar-refractivity contribution is 5.96. The Hall–Kier alpha value is -3.15. The van der Waals surface area contributed by atoms with Crippen LogP contribution >= 0.6 is 0 Å². The minimum Gasteiger partial charge on any atom is -0.378 e. The zero-order chi connectivity index (χ0) is 19.6. The Morgan fingerprint density at radius 3 is 2.30 bits per heavy atom. The molecular weight excluding hydrogens is 343 g/mol. The molecule has 3 rings (SSSR count). The molecule has 0 radical (unpaired) electrons. The van der Waals surface area contributed by atoms with Gasteiger partial charge < -0.3 is 10.2 Å². The zero-order valence-electron chi connectivity index (χ0n) is 16.0. The molecule has 0 unspecified atom stereocenters. The fourth-order valence-electron chi connectivity index (χ4n) is 2.99. The third kappa shape index (κ3) is 4.00. The molecule has 140 valence electrons. The number of benzene rings is 2. The minimum absolute atomic E-state index is 0.171. The van der Waals surface area contributed by atoms with Gasteiger partial charge in [0, 0.05) is 26.3 Å². The van der Waals surface area contributed by atoms with Gasteiger partial charge in [-0.2, -0.15) is 5.10 Å². The number of anilines is 1. The Bertz CT molecular complexity index is 944. The van der Waals surface area contributed by atoms with E-state index in [1.165, 1.54) is 12.1 Å². The number of aryl methyl sites for hydroxylation is 1. The van der Waals surface area contributed by atoms with E-state index in [9.17, 15) is 9.18 Å². The lowest BCUT2D eigenvalue weighted by Crippen LogP contribution is -2.24. The topological polar surface area (TPSA) is 50.2 Å². The summed E-state index contributed by atoms with van der Waals surface area (Å²) in [6.07, 6.45) is 0. The van der Waals surface area contributed by atoms with Crippen LogP contribution in [-0.2, 0) is 6.54 Å². The molecule has 1 amide bonds. The third-order valence-electron chi connectivity index (χ3n) is 4.50. The summed E-state index contributed by atoms with van der Waals surface area (Å²) >= 11 is 0. The lowest BCUT2D eigenvalue weighted by atomic mass is 10.1. The monoisotopic (exact) mass is 366 g/mol. The van der Waals surface area contributed by atoms with Crippen molar-refractivity contribution >= 4 is 11.6 Å². The average molecular weight is 366 g/mol. The Balaban J connectivity index is 1.76. The van der Waals surface area contributed by atoms with Crippen molar-refractivity contribution in [3.63, 3.8) is 0 Å². The summed E-state index contributed by atoms with van der Waals surface area (Å²) in [6, 6.07) is 14.1. The SMILES string of the molecule is Cc1nn(-c2ccc(F)cc2)c(C)c1C(=O)NCc1ccc(N(C)C)cc1. The van der Waals surface area contributed by atoms with Crippen molar-refractivity contribution in [1.82, 2.24) is 15.1 Å². The molecule has 0 bridgehead atoms. The number of amides is 1. The second-order valence-electron chi connectivity index (χ2n) is 6.68. The highest BCUT2D eigenvalue weighted by atomic mass is 19.1. The standard InChI is InChI=1S/C21H23FN4O/c1-14-20(15(2)26(24-14)19-11-7-17(22)8-12-19)21(27)23-13-16-5-9-18(10-6-16)25(3)4/h5-12H,13H2,1-4H3,(H,23,27). The maximum atomic E-state index is 13.1. The molecule has 0 atom stereocenters. The van der Waals surface area contributed by atoms with Crippen molar-refractivity contribution in [2.45, 2.75) is 20.4 Å². The van der Waals surface area contributed by atoms with Gasteiger partial charge in [-0.3, -0.25) is 4.79 Å². The van der Waals surface area contributed by atoms with Crippen LogP contribution in [0, 0.1) is 19.7 Å². The summed E-state index contributed by atoms with van der Waals surface area (Å²) in [7, 11) is 3.97. The number of nitrogens with zero attached hydrogens (tertiary/aromatic N) is 3. The molecule has 1 heterocycles. The van der Waals surface area contributed by atoms with E-state index in [0.29, 0.717) is 17.8 Å². The van der Waals surface area contributed by atoms with Gasteiger partial charge in [0.05, 0.1) is 22.6 Å². The van der Waals surface area contributed by atoms with Crippen LogP contribution < -0.4 is 10.2 Å². The average Bonchev–Trinajstić information content (AvgIpc) is 2.95. The van der Waals surface area contributed by atoms with E-state index < -0.39 is 0 Å². The maximum absolute atomic E-state index is 13.1. The van der Waals surface area contributed by atoms with Crippen LogP contribution in [0.3, 0.4) is 0 Å². The first-order valence-electron chi connectivity index (χ1n) is 8.73. The van der Waals surface area contributed by atoms with Crippen LogP contribution in [0.1, 0.15) is 27.3 Å². The number of hydrogen-bond acceptors (Lipinski definition) is 3. The van der Waals surface area contributed by atoms with Crippen LogP contribution in [0.15, 0.2) is 48.5 Å². The first-order valence-corrected chi connectivity index (χ1v) is 8.73. The Morgan fingerprint density at radius 2 is 1.70 bits per heavy atom. The van der Waals surface area contributed by atoms with E-state index in [4.69, 9.17) is 0 Å². The quantitative estimate of drug-likeness (QED) is 0.750. The summed E-state index contributed by atoms with van der Waals surface area (Å²) in [5.74, 6) is -0.478. The number of carbonyl (C=O) groups is 1. The molecule has 1 aromatic heterocycles. The van der Waals surface area contributed by atoms with E-state index >= 15 is 0 Å². The molecule has 0 saturated carbocycles. The van der Waals surface area contributed by atoms with Crippen molar-refractivity contribution in [3.8, 4) is 5.69 Å². The molecule has 0 aliphatic carbocycles. The summed E-state index contributed by atoms with van der Waals surface area (Å²) in [4.78, 5) is 14.7. The fraction of sp³-hybridized carbons (Fsp3) is 0.238. The normalized spacial score (nSPS) is 10.7. The zero-order valence-corrected chi connectivity index (χ0v) is 16.0. The van der Waals surface area contributed by atoms with Crippen molar-refractivity contribution in [2.75, 3.05) is 19.0 Å². The maximum Gasteiger partial charge on any atom is 0.255 e. The van der Waals surface area contributed by atoms with Gasteiger partial charge in [0.15, 0.2) is 0 Å². The third-order valence-corrected chi connectivity index (χ3v) is 4.50. The van der Waals surface area contributed by atoms with Gasteiger partial charge in [-0.1, -0.05) is 12.1 Å². The molecule has 0 aliphatic rings. The lowest BCUT2D eigenvalue weighted by molar-refractivity contribution is 0.0949. The summed E-state index contributed by atoms with van der Waals surface area (Å²) in [5.41, 5.74) is 4.75. The van der Waals surface area contributed by atoms with Gasteiger partial charge in [0.2, 0.25) is 0 Å². The number of aromatic nitrogens is 2. The number of nitrogens with one attached hydrogen (secondary N) is 1. The van der Waals surface area contributed by atoms with Crippen molar-refractivity contribution in [3.05, 3.63) is 76.9 Å². The number of carbonyl (C=O) groups excluding carboxylic acids is 1. The molecule has 3 aromatic rings. The van der Waals surface area contributed by atoms with E-state index in [2.05, 4.69) is 10.4 Å². The molecule has 0 fully saturated rings. The predicted molar refractivity (Wildman–Crippen MR) is 105 cm³/mol. The largest absolute Gasteiger partial charge is 0.378 e. The molecule has 27 heavy (non-hydrogen) atoms. The molecule has 2 aromatic carbocycles. The molecule has 0 saturated heterocycles. The first-order chi connectivity index (χ1) is 12.9. The smallest absolute Gasteiger partial charge is 0.255 e. The van der Waals surface area contributed by atoms with Gasteiger partial charge in [-0.15, -0.1) is 0 Å². The number of halogens is 1. The van der Waals surface area contributed by atoms with E-state index in [-0.39, 0.29) is 11.7 Å². The van der Waals surface area contributed by atoms with E-state index in [0.717, 1.165) is 22.6 Å². The highest BCUT2D eigenvalue weighted by Gasteiger charge is 2.19. The first kappa shape index (κ1) is 18.6.